The number of carbonyl (C=O) groups is 3. The number of phenolic OH excluding ortho intramolecular Hbond substituents is 3. The highest BCUT2D eigenvalue weighted by molar-refractivity contribution is 6.19. The minimum atomic E-state index is -1.43. The van der Waals surface area contributed by atoms with Crippen molar-refractivity contribution in [3.05, 3.63) is 28.5 Å². The Bertz CT molecular complexity index is 994. The molecule has 0 amide bonds. The number of ketones is 3. The fourth-order valence-corrected chi connectivity index (χ4v) is 4.37. The van der Waals surface area contributed by atoms with Gasteiger partial charge in [-0.05, 0) is 33.6 Å². The first kappa shape index (κ1) is 24.4. The largest absolute Gasteiger partial charge is 0.511 e. The van der Waals surface area contributed by atoms with Gasteiger partial charge in [0.15, 0.2) is 17.3 Å². The summed E-state index contributed by atoms with van der Waals surface area (Å²) in [6.45, 7) is 12.6. The van der Waals surface area contributed by atoms with Gasteiger partial charge >= 0.3 is 0 Å². The number of Topliss-reactive ketones (excluding diaryl/α,β-unsaturated/α-hetero) is 3. The molecule has 0 saturated heterocycles. The van der Waals surface area contributed by atoms with Gasteiger partial charge < -0.3 is 20.4 Å². The summed E-state index contributed by atoms with van der Waals surface area (Å²) < 4.78 is 0. The molecule has 170 valence electrons. The number of hydrogen-bond acceptors (Lipinski definition) is 7. The second-order valence-electron chi connectivity index (χ2n) is 9.96. The molecule has 1 aliphatic carbocycles. The molecule has 0 aromatic heterocycles. The molecule has 1 aromatic carbocycles. The number of phenols is 3. The molecule has 0 radical (unpaired) electrons. The van der Waals surface area contributed by atoms with Crippen molar-refractivity contribution in [1.29, 1.82) is 0 Å². The molecule has 0 unspecified atom stereocenters. The van der Waals surface area contributed by atoms with E-state index in [1.807, 2.05) is 0 Å². The topological polar surface area (TPSA) is 132 Å². The van der Waals surface area contributed by atoms with Crippen LogP contribution in [0.15, 0.2) is 17.4 Å². The zero-order valence-electron chi connectivity index (χ0n) is 19.3. The first-order valence-electron chi connectivity index (χ1n) is 10.3. The highest BCUT2D eigenvalue weighted by Crippen LogP contribution is 2.53. The van der Waals surface area contributed by atoms with Crippen LogP contribution in [0.2, 0.25) is 0 Å². The van der Waals surface area contributed by atoms with Crippen LogP contribution in [-0.4, -0.2) is 37.8 Å². The number of allylic oxidation sites excluding steroid dienone is 2. The number of hydrogen-bond donors (Lipinski definition) is 4. The van der Waals surface area contributed by atoms with Crippen LogP contribution in [-0.2, 0) is 9.59 Å². The van der Waals surface area contributed by atoms with E-state index in [9.17, 15) is 34.8 Å². The van der Waals surface area contributed by atoms with E-state index in [2.05, 4.69) is 0 Å². The molecule has 0 saturated carbocycles. The Labute approximate surface area is 182 Å². The lowest BCUT2D eigenvalue weighted by Gasteiger charge is -2.41. The van der Waals surface area contributed by atoms with E-state index in [0.717, 1.165) is 6.07 Å². The van der Waals surface area contributed by atoms with E-state index in [4.69, 9.17) is 0 Å². The Morgan fingerprint density at radius 2 is 1.39 bits per heavy atom. The molecule has 31 heavy (non-hydrogen) atoms. The van der Waals surface area contributed by atoms with E-state index in [0.29, 0.717) is 0 Å². The van der Waals surface area contributed by atoms with E-state index in [-0.39, 0.29) is 16.7 Å². The molecule has 1 aliphatic rings. The summed E-state index contributed by atoms with van der Waals surface area (Å²) in [6, 6.07) is 0.951. The summed E-state index contributed by atoms with van der Waals surface area (Å²) >= 11 is 0. The fourth-order valence-electron chi connectivity index (χ4n) is 4.37. The van der Waals surface area contributed by atoms with Crippen molar-refractivity contribution in [3.8, 4) is 17.2 Å². The molecule has 0 heterocycles. The maximum atomic E-state index is 13.4. The standard InChI is InChI=1S/C24H32O7/c1-10(2)14(17-20(29)23(5,6)22(31)24(7,8)21(17)30)15-12(25)9-13(26)16(19(15)28)18(27)11(3)4/h9-11,14,25-26,28-29H,1-8H3/t14-/m0/s1. The number of rotatable bonds is 5. The van der Waals surface area contributed by atoms with Crippen molar-refractivity contribution in [2.24, 2.45) is 22.7 Å². The third kappa shape index (κ3) is 3.60. The maximum absolute atomic E-state index is 13.4. The molecular weight excluding hydrogens is 400 g/mol. The van der Waals surface area contributed by atoms with Crippen LogP contribution in [0.25, 0.3) is 0 Å². The van der Waals surface area contributed by atoms with Crippen LogP contribution < -0.4 is 0 Å². The Kier molecular flexibility index (Phi) is 6.07. The summed E-state index contributed by atoms with van der Waals surface area (Å²) in [5.74, 6) is -5.77. The van der Waals surface area contributed by atoms with Crippen molar-refractivity contribution >= 4 is 17.3 Å². The number of aromatic hydroxyl groups is 3. The summed E-state index contributed by atoms with van der Waals surface area (Å²) in [5, 5.41) is 42.9. The number of aliphatic hydroxyl groups is 1. The molecule has 1 aromatic rings. The van der Waals surface area contributed by atoms with Gasteiger partial charge in [0.05, 0.1) is 10.8 Å². The highest BCUT2D eigenvalue weighted by atomic mass is 16.3. The van der Waals surface area contributed by atoms with E-state index < -0.39 is 68.9 Å². The Balaban J connectivity index is 2.95. The molecule has 1 atom stereocenters. The summed E-state index contributed by atoms with van der Waals surface area (Å²) in [5.41, 5.74) is -3.39. The van der Waals surface area contributed by atoms with Crippen LogP contribution in [0.5, 0.6) is 17.2 Å². The Morgan fingerprint density at radius 3 is 1.84 bits per heavy atom. The quantitative estimate of drug-likeness (QED) is 0.400. The molecular formula is C24H32O7. The highest BCUT2D eigenvalue weighted by Gasteiger charge is 2.55. The van der Waals surface area contributed by atoms with Gasteiger partial charge in [0.1, 0.15) is 28.6 Å². The smallest absolute Gasteiger partial charge is 0.175 e. The normalized spacial score (nSPS) is 19.3. The first-order valence-corrected chi connectivity index (χ1v) is 10.3. The van der Waals surface area contributed by atoms with Crippen LogP contribution in [0.3, 0.4) is 0 Å². The molecule has 0 aliphatic heterocycles. The summed E-state index contributed by atoms with van der Waals surface area (Å²) in [7, 11) is 0. The lowest BCUT2D eigenvalue weighted by Crippen LogP contribution is -2.50. The molecule has 2 rings (SSSR count). The average molecular weight is 433 g/mol. The van der Waals surface area contributed by atoms with Crippen molar-refractivity contribution in [1.82, 2.24) is 0 Å². The van der Waals surface area contributed by atoms with Crippen molar-refractivity contribution < 1.29 is 34.8 Å². The van der Waals surface area contributed by atoms with E-state index in [1.165, 1.54) is 27.7 Å². The van der Waals surface area contributed by atoms with Gasteiger partial charge in [-0.2, -0.15) is 0 Å². The predicted octanol–water partition coefficient (Wildman–Crippen LogP) is 4.40. The minimum Gasteiger partial charge on any atom is -0.511 e. The van der Waals surface area contributed by atoms with Gasteiger partial charge in [0, 0.05) is 29.0 Å². The van der Waals surface area contributed by atoms with Gasteiger partial charge in [-0.25, -0.2) is 0 Å². The van der Waals surface area contributed by atoms with Crippen molar-refractivity contribution in [2.75, 3.05) is 0 Å². The zero-order valence-corrected chi connectivity index (χ0v) is 19.3. The van der Waals surface area contributed by atoms with Crippen molar-refractivity contribution in [2.45, 2.75) is 61.3 Å². The second-order valence-corrected chi connectivity index (χ2v) is 9.96. The molecule has 7 nitrogen and oxygen atoms in total. The van der Waals surface area contributed by atoms with Gasteiger partial charge in [0.25, 0.3) is 0 Å². The van der Waals surface area contributed by atoms with Crippen LogP contribution in [0.1, 0.15) is 77.2 Å². The molecule has 7 heteroatoms. The monoisotopic (exact) mass is 432 g/mol. The molecule has 0 fully saturated rings. The summed E-state index contributed by atoms with van der Waals surface area (Å²) in [6.07, 6.45) is 0. The second kappa shape index (κ2) is 7.70. The minimum absolute atomic E-state index is 0.0937. The number of aliphatic hydroxyl groups excluding tert-OH is 1. The van der Waals surface area contributed by atoms with Gasteiger partial charge in [-0.1, -0.05) is 27.7 Å². The van der Waals surface area contributed by atoms with Gasteiger partial charge in [0.2, 0.25) is 0 Å². The SMILES string of the molecule is CC(C)C(=O)c1c(O)cc(O)c([C@@H](C2=C(O)C(C)(C)C(=O)C(C)(C)C2=O)C(C)C)c1O. The lowest BCUT2D eigenvalue weighted by atomic mass is 9.60. The van der Waals surface area contributed by atoms with Crippen LogP contribution in [0, 0.1) is 22.7 Å². The van der Waals surface area contributed by atoms with Crippen LogP contribution >= 0.6 is 0 Å². The number of benzene rings is 1. The third-order valence-electron chi connectivity index (χ3n) is 6.15. The Hall–Kier alpha value is -2.83. The molecule has 0 spiro atoms. The third-order valence-corrected chi connectivity index (χ3v) is 6.15. The predicted molar refractivity (Wildman–Crippen MR) is 115 cm³/mol. The van der Waals surface area contributed by atoms with E-state index in [1.54, 1.807) is 27.7 Å². The van der Waals surface area contributed by atoms with Crippen molar-refractivity contribution in [3.63, 3.8) is 0 Å². The maximum Gasteiger partial charge on any atom is 0.175 e. The van der Waals surface area contributed by atoms with Gasteiger partial charge in [-0.3, -0.25) is 14.4 Å². The summed E-state index contributed by atoms with van der Waals surface area (Å²) in [4.78, 5) is 38.9. The molecule has 4 N–H and O–H groups in total. The first-order chi connectivity index (χ1) is 14.0. The van der Waals surface area contributed by atoms with Gasteiger partial charge in [-0.15, -0.1) is 0 Å². The Morgan fingerprint density at radius 1 is 0.871 bits per heavy atom. The average Bonchev–Trinajstić information content (AvgIpc) is 2.64. The van der Waals surface area contributed by atoms with Crippen LogP contribution in [0.4, 0.5) is 0 Å². The fraction of sp³-hybridized carbons (Fsp3) is 0.542. The number of carbonyl (C=O) groups excluding carboxylic acids is 3. The zero-order chi connectivity index (χ0) is 24.2. The molecule has 0 bridgehead atoms. The lowest BCUT2D eigenvalue weighted by molar-refractivity contribution is -0.144. The van der Waals surface area contributed by atoms with E-state index >= 15 is 0 Å².